The van der Waals surface area contributed by atoms with E-state index in [4.69, 9.17) is 4.84 Å². The summed E-state index contributed by atoms with van der Waals surface area (Å²) in [6.07, 6.45) is 9.57. The van der Waals surface area contributed by atoms with Crippen LogP contribution in [0.5, 0.6) is 0 Å². The summed E-state index contributed by atoms with van der Waals surface area (Å²) in [6, 6.07) is 27.6. The molecule has 1 N–H and O–H groups in total. The highest BCUT2D eigenvalue weighted by Gasteiger charge is 2.07. The van der Waals surface area contributed by atoms with E-state index in [0.29, 0.717) is 0 Å². The minimum atomic E-state index is -0.398. The van der Waals surface area contributed by atoms with Gasteiger partial charge in [0, 0.05) is 29.5 Å². The molecule has 0 radical (unpaired) electrons. The number of nitrogens with one attached hydrogen (secondary N) is 1. The second kappa shape index (κ2) is 9.99. The SMILES string of the molecule is CC(=O)On1c2ccc1cc1nc(cc3ccc(cc4nc(c2)C=C4)[nH]3)C=C1.c1ccc2ncccc2c1. The molecule has 0 spiro atoms. The van der Waals surface area contributed by atoms with Gasteiger partial charge in [0.2, 0.25) is 0 Å². The van der Waals surface area contributed by atoms with Gasteiger partial charge in [-0.15, -0.1) is 0 Å². The Hall–Kier alpha value is -5.30. The summed E-state index contributed by atoms with van der Waals surface area (Å²) in [5, 5.41) is 1.20. The maximum atomic E-state index is 11.6. The Kier molecular flexibility index (Phi) is 6.08. The van der Waals surface area contributed by atoms with Gasteiger partial charge in [0.1, 0.15) is 0 Å². The number of para-hydroxylation sites is 1. The number of fused-ring (bicyclic) bond motifs is 9. The van der Waals surface area contributed by atoms with Crippen molar-refractivity contribution in [3.05, 3.63) is 114 Å². The molecule has 7 nitrogen and oxygen atoms in total. The Balaban J connectivity index is 0.000000221. The van der Waals surface area contributed by atoms with Crippen LogP contribution in [0.25, 0.3) is 57.3 Å². The van der Waals surface area contributed by atoms with Crippen LogP contribution in [-0.4, -0.2) is 30.6 Å². The normalized spacial score (nSPS) is 11.7. The van der Waals surface area contributed by atoms with Crippen LogP contribution in [0, 0.1) is 0 Å². The highest BCUT2D eigenvalue weighted by molar-refractivity contribution is 5.79. The molecule has 0 saturated heterocycles. The number of rotatable bonds is 1. The molecule has 7 heteroatoms. The van der Waals surface area contributed by atoms with E-state index in [1.807, 2.05) is 103 Å². The van der Waals surface area contributed by atoms with Gasteiger partial charge in [-0.1, -0.05) is 24.3 Å². The third kappa shape index (κ3) is 5.12. The van der Waals surface area contributed by atoms with Crippen LogP contribution in [0.4, 0.5) is 0 Å². The molecule has 2 aliphatic heterocycles. The predicted molar refractivity (Wildman–Crippen MR) is 152 cm³/mol. The molecule has 0 saturated carbocycles. The number of hydrogen-bond acceptors (Lipinski definition) is 5. The smallest absolute Gasteiger partial charge is 0.329 e. The first-order valence-electron chi connectivity index (χ1n) is 12.1. The average molecular weight is 498 g/mol. The number of aromatic nitrogens is 5. The molecule has 4 aromatic heterocycles. The van der Waals surface area contributed by atoms with Crippen molar-refractivity contribution < 1.29 is 9.63 Å². The first kappa shape index (κ1) is 23.1. The van der Waals surface area contributed by atoms with Crippen LogP contribution in [0.1, 0.15) is 29.7 Å². The fourth-order valence-electron chi connectivity index (χ4n) is 4.25. The highest BCUT2D eigenvalue weighted by Crippen LogP contribution is 2.18. The van der Waals surface area contributed by atoms with Crippen LogP contribution >= 0.6 is 0 Å². The zero-order valence-electron chi connectivity index (χ0n) is 20.6. The van der Waals surface area contributed by atoms with Crippen LogP contribution in [0.15, 0.2) is 91.1 Å². The molecule has 2 aliphatic rings. The van der Waals surface area contributed by atoms with Crippen molar-refractivity contribution in [2.45, 2.75) is 6.92 Å². The van der Waals surface area contributed by atoms with E-state index in [1.54, 1.807) is 0 Å². The first-order chi connectivity index (χ1) is 18.6. The van der Waals surface area contributed by atoms with Gasteiger partial charge in [-0.2, -0.15) is 4.73 Å². The summed E-state index contributed by atoms with van der Waals surface area (Å²) in [4.78, 5) is 33.8. The summed E-state index contributed by atoms with van der Waals surface area (Å²) >= 11 is 0. The Morgan fingerprint density at radius 2 is 1.26 bits per heavy atom. The standard InChI is InChI=1S/C22H16N4O2.C9H7N/c1-14(27)28-26-21-8-9-22(26)13-20-7-5-18(25-20)11-16-3-2-15(23-16)10-17-4-6-19(12-21)24-17;1-2-6-9-8(4-1)5-3-7-10-9/h2-13,23H,1H3;1-7H. The predicted octanol–water partition coefficient (Wildman–Crippen LogP) is 6.34. The van der Waals surface area contributed by atoms with E-state index < -0.39 is 5.97 Å². The van der Waals surface area contributed by atoms with Gasteiger partial charge in [-0.05, 0) is 85.0 Å². The fourth-order valence-corrected chi connectivity index (χ4v) is 4.25. The second-order valence-electron chi connectivity index (χ2n) is 8.79. The maximum Gasteiger partial charge on any atom is 0.329 e. The van der Waals surface area contributed by atoms with Gasteiger partial charge in [-0.25, -0.2) is 14.8 Å². The number of aromatic amines is 1. The van der Waals surface area contributed by atoms with Crippen molar-refractivity contribution in [1.82, 2.24) is 24.7 Å². The Morgan fingerprint density at radius 1 is 0.711 bits per heavy atom. The summed E-state index contributed by atoms with van der Waals surface area (Å²) in [5.41, 5.74) is 7.68. The molecule has 0 atom stereocenters. The molecular weight excluding hydrogens is 474 g/mol. The van der Waals surface area contributed by atoms with Gasteiger partial charge in [0.15, 0.2) is 0 Å². The third-order valence-corrected chi connectivity index (χ3v) is 5.92. The molecule has 8 bridgehead atoms. The van der Waals surface area contributed by atoms with Gasteiger partial charge in [-0.3, -0.25) is 4.98 Å². The van der Waals surface area contributed by atoms with Gasteiger partial charge in [0.25, 0.3) is 0 Å². The average Bonchev–Trinajstić information content (AvgIpc) is 3.72. The topological polar surface area (TPSA) is 85.7 Å². The number of carbonyl (C=O) groups is 1. The lowest BCUT2D eigenvalue weighted by Crippen LogP contribution is -2.15. The van der Waals surface area contributed by atoms with Gasteiger partial charge < -0.3 is 9.82 Å². The number of nitrogens with zero attached hydrogens (tertiary/aromatic N) is 4. The number of carbonyl (C=O) groups excluding carboxylic acids is 1. The molecule has 0 fully saturated rings. The van der Waals surface area contributed by atoms with Crippen molar-refractivity contribution >= 4 is 63.2 Å². The molecule has 7 rings (SSSR count). The van der Waals surface area contributed by atoms with Crippen LogP contribution in [0.2, 0.25) is 0 Å². The Labute approximate surface area is 218 Å². The molecule has 0 aliphatic carbocycles. The van der Waals surface area contributed by atoms with Crippen LogP contribution < -0.4 is 4.84 Å². The molecule has 5 aromatic rings. The van der Waals surface area contributed by atoms with Crippen LogP contribution in [-0.2, 0) is 4.79 Å². The summed E-state index contributed by atoms with van der Waals surface area (Å²) in [6.45, 7) is 1.38. The van der Waals surface area contributed by atoms with E-state index >= 15 is 0 Å². The monoisotopic (exact) mass is 497 g/mol. The summed E-state index contributed by atoms with van der Waals surface area (Å²) in [7, 11) is 0. The Morgan fingerprint density at radius 3 is 1.84 bits per heavy atom. The molecular formula is C31H23N5O2. The lowest BCUT2D eigenvalue weighted by molar-refractivity contribution is -0.140. The molecule has 184 valence electrons. The number of benzene rings is 1. The van der Waals surface area contributed by atoms with Gasteiger partial charge in [0.05, 0.1) is 39.3 Å². The Bertz CT molecular complexity index is 1740. The fraction of sp³-hybridized carbons (Fsp3) is 0.0323. The van der Waals surface area contributed by atoms with Crippen molar-refractivity contribution in [3.63, 3.8) is 0 Å². The third-order valence-electron chi connectivity index (χ3n) is 5.92. The van der Waals surface area contributed by atoms with Gasteiger partial charge >= 0.3 is 5.97 Å². The van der Waals surface area contributed by atoms with E-state index in [2.05, 4.69) is 32.1 Å². The second-order valence-corrected chi connectivity index (χ2v) is 8.79. The minimum absolute atomic E-state index is 0.398. The quantitative estimate of drug-likeness (QED) is 0.286. The number of hydrogen-bond donors (Lipinski definition) is 1. The molecule has 6 heterocycles. The summed E-state index contributed by atoms with van der Waals surface area (Å²) < 4.78 is 1.50. The van der Waals surface area contributed by atoms with Crippen molar-refractivity contribution in [2.24, 2.45) is 0 Å². The van der Waals surface area contributed by atoms with E-state index in [-0.39, 0.29) is 0 Å². The van der Waals surface area contributed by atoms with Crippen LogP contribution in [0.3, 0.4) is 0 Å². The highest BCUT2D eigenvalue weighted by atomic mass is 16.7. The van der Waals surface area contributed by atoms with E-state index in [9.17, 15) is 4.79 Å². The number of pyridine rings is 1. The molecule has 0 unspecified atom stereocenters. The molecule has 1 aromatic carbocycles. The zero-order chi connectivity index (χ0) is 25.9. The largest absolute Gasteiger partial charge is 0.355 e. The zero-order valence-corrected chi connectivity index (χ0v) is 20.6. The van der Waals surface area contributed by atoms with E-state index in [1.165, 1.54) is 17.0 Å². The van der Waals surface area contributed by atoms with Crippen molar-refractivity contribution in [2.75, 3.05) is 0 Å². The maximum absolute atomic E-state index is 11.6. The van der Waals surface area contributed by atoms with Crippen molar-refractivity contribution in [1.29, 1.82) is 0 Å². The molecule has 0 amide bonds. The number of H-pyrrole nitrogens is 1. The minimum Gasteiger partial charge on any atom is -0.355 e. The molecule has 38 heavy (non-hydrogen) atoms. The van der Waals surface area contributed by atoms with Crippen molar-refractivity contribution in [3.8, 4) is 0 Å². The van der Waals surface area contributed by atoms with E-state index in [0.717, 1.165) is 50.4 Å². The summed E-state index contributed by atoms with van der Waals surface area (Å²) in [5.74, 6) is -0.398. The lowest BCUT2D eigenvalue weighted by atomic mass is 10.2. The lowest BCUT2D eigenvalue weighted by Gasteiger charge is -2.04. The first-order valence-corrected chi connectivity index (χ1v) is 12.1.